The molecular formula is C23H22BrN3O4S. The standard InChI is InChI=1S/C23H22BrN3O4S/c1-14(2)13-31-19-9-8-15(11-18(19)24)21(28)27-23(32)26-17-6-3-5-16(12-17)25-22(29)20-7-4-10-30-20/h3-12,14H,13H2,1-2H3,(H,25,29)(H2,26,27,28,32). The third kappa shape index (κ3) is 6.66. The molecule has 0 aliphatic heterocycles. The molecule has 0 saturated heterocycles. The highest BCUT2D eigenvalue weighted by molar-refractivity contribution is 9.10. The molecule has 3 rings (SSSR count). The van der Waals surface area contributed by atoms with E-state index < -0.39 is 0 Å². The summed E-state index contributed by atoms with van der Waals surface area (Å²) in [5, 5.41) is 8.44. The molecule has 1 aromatic heterocycles. The summed E-state index contributed by atoms with van der Waals surface area (Å²) in [6.45, 7) is 4.71. The summed E-state index contributed by atoms with van der Waals surface area (Å²) in [5.74, 6) is 0.544. The van der Waals surface area contributed by atoms with Crippen molar-refractivity contribution in [3.63, 3.8) is 0 Å². The van der Waals surface area contributed by atoms with E-state index in [1.54, 1.807) is 54.6 Å². The molecule has 0 spiro atoms. The van der Waals surface area contributed by atoms with Gasteiger partial charge in [-0.05, 0) is 82.6 Å². The van der Waals surface area contributed by atoms with E-state index in [2.05, 4.69) is 45.7 Å². The number of hydrogen-bond donors (Lipinski definition) is 3. The molecule has 2 amide bonds. The van der Waals surface area contributed by atoms with Crippen molar-refractivity contribution in [2.45, 2.75) is 13.8 Å². The van der Waals surface area contributed by atoms with Crippen LogP contribution in [0.15, 0.2) is 69.8 Å². The molecule has 3 N–H and O–H groups in total. The SMILES string of the molecule is CC(C)COc1ccc(C(=O)NC(=S)Nc2cccc(NC(=O)c3ccco3)c2)cc1Br. The highest BCUT2D eigenvalue weighted by Crippen LogP contribution is 2.26. The Balaban J connectivity index is 1.58. The minimum Gasteiger partial charge on any atom is -0.492 e. The molecule has 0 aliphatic carbocycles. The molecular weight excluding hydrogens is 494 g/mol. The Morgan fingerprint density at radius 1 is 1.03 bits per heavy atom. The Morgan fingerprint density at radius 3 is 2.44 bits per heavy atom. The molecule has 7 nitrogen and oxygen atoms in total. The fourth-order valence-corrected chi connectivity index (χ4v) is 3.33. The molecule has 0 bridgehead atoms. The van der Waals surface area contributed by atoms with Crippen LogP contribution in [0.1, 0.15) is 34.8 Å². The summed E-state index contributed by atoms with van der Waals surface area (Å²) < 4.78 is 11.5. The largest absolute Gasteiger partial charge is 0.492 e. The lowest BCUT2D eigenvalue weighted by atomic mass is 10.2. The second-order valence-corrected chi connectivity index (χ2v) is 8.53. The molecule has 0 aliphatic rings. The molecule has 9 heteroatoms. The van der Waals surface area contributed by atoms with Crippen molar-refractivity contribution in [3.05, 3.63) is 76.7 Å². The van der Waals surface area contributed by atoms with E-state index in [-0.39, 0.29) is 22.7 Å². The lowest BCUT2D eigenvalue weighted by Gasteiger charge is -2.13. The minimum absolute atomic E-state index is 0.126. The molecule has 1 heterocycles. The maximum absolute atomic E-state index is 12.6. The monoisotopic (exact) mass is 515 g/mol. The minimum atomic E-state index is -0.366. The first kappa shape index (κ1) is 23.5. The highest BCUT2D eigenvalue weighted by atomic mass is 79.9. The summed E-state index contributed by atoms with van der Waals surface area (Å²) in [7, 11) is 0. The number of halogens is 1. The normalized spacial score (nSPS) is 10.5. The topological polar surface area (TPSA) is 92.6 Å². The summed E-state index contributed by atoms with van der Waals surface area (Å²) in [6, 6.07) is 15.2. The Kier molecular flexibility index (Phi) is 8.02. The van der Waals surface area contributed by atoms with Gasteiger partial charge in [-0.1, -0.05) is 19.9 Å². The smallest absolute Gasteiger partial charge is 0.291 e. The molecule has 2 aromatic carbocycles. The van der Waals surface area contributed by atoms with Crippen LogP contribution >= 0.6 is 28.1 Å². The van der Waals surface area contributed by atoms with Gasteiger partial charge in [-0.25, -0.2) is 0 Å². The van der Waals surface area contributed by atoms with Crippen LogP contribution < -0.4 is 20.7 Å². The molecule has 166 valence electrons. The van der Waals surface area contributed by atoms with Crippen LogP contribution in [0.25, 0.3) is 0 Å². The van der Waals surface area contributed by atoms with Gasteiger partial charge >= 0.3 is 0 Å². The van der Waals surface area contributed by atoms with Crippen molar-refractivity contribution in [1.29, 1.82) is 0 Å². The maximum Gasteiger partial charge on any atom is 0.291 e. The zero-order valence-electron chi connectivity index (χ0n) is 17.5. The number of hydrogen-bond acceptors (Lipinski definition) is 5. The zero-order valence-corrected chi connectivity index (χ0v) is 19.9. The van der Waals surface area contributed by atoms with Crippen LogP contribution in [0.2, 0.25) is 0 Å². The lowest BCUT2D eigenvalue weighted by Crippen LogP contribution is -2.34. The summed E-state index contributed by atoms with van der Waals surface area (Å²) in [6.07, 6.45) is 1.43. The first-order valence-electron chi connectivity index (χ1n) is 9.81. The van der Waals surface area contributed by atoms with Gasteiger partial charge in [0.1, 0.15) is 5.75 Å². The first-order valence-corrected chi connectivity index (χ1v) is 11.0. The Hall–Kier alpha value is -3.17. The van der Waals surface area contributed by atoms with E-state index in [1.807, 2.05) is 0 Å². The van der Waals surface area contributed by atoms with Crippen molar-refractivity contribution < 1.29 is 18.7 Å². The number of carbonyl (C=O) groups is 2. The van der Waals surface area contributed by atoms with Gasteiger partial charge in [0.15, 0.2) is 10.9 Å². The van der Waals surface area contributed by atoms with Gasteiger partial charge in [0, 0.05) is 16.9 Å². The molecule has 0 unspecified atom stereocenters. The number of anilines is 2. The van der Waals surface area contributed by atoms with E-state index >= 15 is 0 Å². The number of furan rings is 1. The van der Waals surface area contributed by atoms with Gasteiger partial charge in [-0.2, -0.15) is 0 Å². The van der Waals surface area contributed by atoms with Crippen molar-refractivity contribution in [2.75, 3.05) is 17.2 Å². The molecule has 32 heavy (non-hydrogen) atoms. The van der Waals surface area contributed by atoms with Crippen LogP contribution in [0, 0.1) is 5.92 Å². The van der Waals surface area contributed by atoms with Crippen LogP contribution in [0.3, 0.4) is 0 Å². The third-order valence-corrected chi connectivity index (χ3v) is 4.94. The van der Waals surface area contributed by atoms with Gasteiger partial charge in [0.2, 0.25) is 0 Å². The Labute approximate surface area is 199 Å². The van der Waals surface area contributed by atoms with Crippen LogP contribution in [0.5, 0.6) is 5.75 Å². The van der Waals surface area contributed by atoms with Gasteiger partial charge in [-0.15, -0.1) is 0 Å². The van der Waals surface area contributed by atoms with Crippen molar-refractivity contribution >= 4 is 56.4 Å². The third-order valence-electron chi connectivity index (χ3n) is 4.12. The van der Waals surface area contributed by atoms with Crippen molar-refractivity contribution in [1.82, 2.24) is 5.32 Å². The van der Waals surface area contributed by atoms with E-state index in [4.69, 9.17) is 21.4 Å². The number of ether oxygens (including phenoxy) is 1. The number of thiocarbonyl (C=S) groups is 1. The second kappa shape index (κ2) is 10.9. The molecule has 3 aromatic rings. The molecule has 0 radical (unpaired) electrons. The predicted octanol–water partition coefficient (Wildman–Crippen LogP) is 5.46. The van der Waals surface area contributed by atoms with Crippen LogP contribution in [-0.4, -0.2) is 23.5 Å². The van der Waals surface area contributed by atoms with E-state index in [0.29, 0.717) is 39.7 Å². The zero-order chi connectivity index (χ0) is 23.1. The fraction of sp³-hybridized carbons (Fsp3) is 0.174. The van der Waals surface area contributed by atoms with Gasteiger partial charge in [-0.3, -0.25) is 14.9 Å². The molecule has 0 saturated carbocycles. The first-order chi connectivity index (χ1) is 15.3. The highest BCUT2D eigenvalue weighted by Gasteiger charge is 2.12. The van der Waals surface area contributed by atoms with Crippen LogP contribution in [0.4, 0.5) is 11.4 Å². The average molecular weight is 516 g/mol. The molecule has 0 atom stereocenters. The van der Waals surface area contributed by atoms with Crippen molar-refractivity contribution in [3.8, 4) is 5.75 Å². The van der Waals surface area contributed by atoms with E-state index in [9.17, 15) is 9.59 Å². The maximum atomic E-state index is 12.6. The summed E-state index contributed by atoms with van der Waals surface area (Å²) in [5.41, 5.74) is 1.58. The Bertz CT molecular complexity index is 1120. The van der Waals surface area contributed by atoms with Crippen molar-refractivity contribution in [2.24, 2.45) is 5.92 Å². The Morgan fingerprint density at radius 2 is 1.78 bits per heavy atom. The number of carbonyl (C=O) groups excluding carboxylic acids is 2. The van der Waals surface area contributed by atoms with Crippen LogP contribution in [-0.2, 0) is 0 Å². The van der Waals surface area contributed by atoms with E-state index in [0.717, 1.165) is 0 Å². The summed E-state index contributed by atoms with van der Waals surface area (Å²) >= 11 is 8.69. The van der Waals surface area contributed by atoms with E-state index in [1.165, 1.54) is 6.26 Å². The summed E-state index contributed by atoms with van der Waals surface area (Å²) in [4.78, 5) is 24.7. The van der Waals surface area contributed by atoms with Gasteiger partial charge in [0.05, 0.1) is 17.3 Å². The lowest BCUT2D eigenvalue weighted by molar-refractivity contribution is 0.0975. The predicted molar refractivity (Wildman–Crippen MR) is 131 cm³/mol. The average Bonchev–Trinajstić information content (AvgIpc) is 3.28. The van der Waals surface area contributed by atoms with Gasteiger partial charge < -0.3 is 19.8 Å². The second-order valence-electron chi connectivity index (χ2n) is 7.27. The quantitative estimate of drug-likeness (QED) is 0.362. The number of benzene rings is 2. The fourth-order valence-electron chi connectivity index (χ4n) is 2.63. The molecule has 0 fully saturated rings. The number of rotatable bonds is 7. The number of amides is 2. The number of nitrogens with one attached hydrogen (secondary N) is 3. The van der Waals surface area contributed by atoms with Gasteiger partial charge in [0.25, 0.3) is 11.8 Å².